The van der Waals surface area contributed by atoms with Gasteiger partial charge < -0.3 is 4.74 Å². The van der Waals surface area contributed by atoms with Gasteiger partial charge in [-0.25, -0.2) is 8.42 Å². The molecule has 2 aromatic carbocycles. The number of alkyl halides is 1. The standard InChI is InChI=1S/C19H19BrClNO5S/c1-3-27-19(24)17(16(21)18(23)13-6-8-14(20)9-7-13)22-28(25,26)15-10-4-12(2)5-11-15/h4-11,16-17,22H,3H2,1-2H3/t16-,17+/m1/s1. The van der Waals surface area contributed by atoms with E-state index in [2.05, 4.69) is 20.7 Å². The molecule has 0 unspecified atom stereocenters. The predicted octanol–water partition coefficient (Wildman–Crippen LogP) is 3.46. The highest BCUT2D eigenvalue weighted by Gasteiger charge is 2.37. The smallest absolute Gasteiger partial charge is 0.326 e. The van der Waals surface area contributed by atoms with Gasteiger partial charge in [0, 0.05) is 10.0 Å². The minimum Gasteiger partial charge on any atom is -0.465 e. The molecule has 0 aliphatic carbocycles. The molecule has 28 heavy (non-hydrogen) atoms. The SMILES string of the molecule is CCOC(=O)[C@@H](NS(=O)(=O)c1ccc(C)cc1)[C@@H](Cl)C(=O)c1ccc(Br)cc1. The maximum absolute atomic E-state index is 12.7. The van der Waals surface area contributed by atoms with Crippen molar-refractivity contribution in [3.05, 3.63) is 64.1 Å². The summed E-state index contributed by atoms with van der Waals surface area (Å²) >= 11 is 9.50. The van der Waals surface area contributed by atoms with Gasteiger partial charge in [0.2, 0.25) is 10.0 Å². The number of nitrogens with one attached hydrogen (secondary N) is 1. The van der Waals surface area contributed by atoms with E-state index in [4.69, 9.17) is 16.3 Å². The van der Waals surface area contributed by atoms with Crippen molar-refractivity contribution in [2.75, 3.05) is 6.61 Å². The summed E-state index contributed by atoms with van der Waals surface area (Å²) in [6.07, 6.45) is 0. The largest absolute Gasteiger partial charge is 0.465 e. The van der Waals surface area contributed by atoms with E-state index in [0.717, 1.165) is 10.0 Å². The minimum atomic E-state index is -4.10. The lowest BCUT2D eigenvalue weighted by atomic mass is 10.0. The molecule has 1 N–H and O–H groups in total. The minimum absolute atomic E-state index is 0.0116. The fourth-order valence-electron chi connectivity index (χ4n) is 2.34. The van der Waals surface area contributed by atoms with Gasteiger partial charge in [-0.2, -0.15) is 4.72 Å². The van der Waals surface area contributed by atoms with Crippen LogP contribution in [0.5, 0.6) is 0 Å². The second kappa shape index (κ2) is 9.65. The van der Waals surface area contributed by atoms with Crippen molar-refractivity contribution in [2.45, 2.75) is 30.2 Å². The van der Waals surface area contributed by atoms with Gasteiger partial charge in [0.1, 0.15) is 11.4 Å². The van der Waals surface area contributed by atoms with Crippen LogP contribution in [0.15, 0.2) is 57.9 Å². The van der Waals surface area contributed by atoms with Crippen molar-refractivity contribution < 1.29 is 22.7 Å². The molecule has 9 heteroatoms. The van der Waals surface area contributed by atoms with E-state index in [1.807, 2.05) is 6.92 Å². The van der Waals surface area contributed by atoms with E-state index in [-0.39, 0.29) is 17.1 Å². The molecule has 0 spiro atoms. The van der Waals surface area contributed by atoms with Gasteiger partial charge in [0.15, 0.2) is 5.78 Å². The number of halogens is 2. The molecule has 0 amide bonds. The predicted molar refractivity (Wildman–Crippen MR) is 110 cm³/mol. The Balaban J connectivity index is 2.33. The van der Waals surface area contributed by atoms with Crippen molar-refractivity contribution in [1.29, 1.82) is 0 Å². The Labute approximate surface area is 177 Å². The number of rotatable bonds is 8. The van der Waals surface area contributed by atoms with Crippen molar-refractivity contribution in [3.63, 3.8) is 0 Å². The Morgan fingerprint density at radius 3 is 2.21 bits per heavy atom. The number of sulfonamides is 1. The molecule has 6 nitrogen and oxygen atoms in total. The molecule has 0 aliphatic heterocycles. The average molecular weight is 489 g/mol. The summed E-state index contributed by atoms with van der Waals surface area (Å²) in [5.74, 6) is -1.53. The maximum atomic E-state index is 12.7. The molecule has 2 aromatic rings. The van der Waals surface area contributed by atoms with Gasteiger partial charge in [-0.05, 0) is 38.1 Å². The number of Topliss-reactive ketones (excluding diaryl/α,β-unsaturated/α-hetero) is 1. The zero-order valence-corrected chi connectivity index (χ0v) is 18.3. The van der Waals surface area contributed by atoms with E-state index < -0.39 is 33.2 Å². The van der Waals surface area contributed by atoms with E-state index in [1.165, 1.54) is 24.3 Å². The molecule has 0 aliphatic rings. The molecule has 0 radical (unpaired) electrons. The van der Waals surface area contributed by atoms with E-state index in [9.17, 15) is 18.0 Å². The van der Waals surface area contributed by atoms with Gasteiger partial charge in [0.25, 0.3) is 0 Å². The quantitative estimate of drug-likeness (QED) is 0.349. The Morgan fingerprint density at radius 1 is 1.11 bits per heavy atom. The van der Waals surface area contributed by atoms with Crippen LogP contribution in [-0.4, -0.2) is 38.2 Å². The van der Waals surface area contributed by atoms with Crippen LogP contribution < -0.4 is 4.72 Å². The highest BCUT2D eigenvalue weighted by Crippen LogP contribution is 2.19. The molecule has 150 valence electrons. The monoisotopic (exact) mass is 487 g/mol. The summed E-state index contributed by atoms with van der Waals surface area (Å²) < 4.78 is 33.2. The normalized spacial score (nSPS) is 13.6. The molecule has 0 saturated carbocycles. The summed E-state index contributed by atoms with van der Waals surface area (Å²) in [7, 11) is -4.10. The summed E-state index contributed by atoms with van der Waals surface area (Å²) in [4.78, 5) is 25.0. The molecule has 2 rings (SSSR count). The summed E-state index contributed by atoms with van der Waals surface area (Å²) in [6.45, 7) is 3.40. The van der Waals surface area contributed by atoms with Crippen LogP contribution >= 0.6 is 27.5 Å². The Kier molecular flexibility index (Phi) is 7.77. The summed E-state index contributed by atoms with van der Waals surface area (Å²) in [6, 6.07) is 10.8. The third-order valence-electron chi connectivity index (χ3n) is 3.83. The summed E-state index contributed by atoms with van der Waals surface area (Å²) in [5.41, 5.74) is 1.12. The van der Waals surface area contributed by atoms with Crippen LogP contribution in [-0.2, 0) is 19.6 Å². The lowest BCUT2D eigenvalue weighted by Crippen LogP contribution is -2.50. The maximum Gasteiger partial charge on any atom is 0.326 e. The number of esters is 1. The summed E-state index contributed by atoms with van der Waals surface area (Å²) in [5, 5.41) is -1.49. The van der Waals surface area contributed by atoms with Crippen LogP contribution in [0.25, 0.3) is 0 Å². The van der Waals surface area contributed by atoms with Gasteiger partial charge in [-0.1, -0.05) is 45.8 Å². The molecular formula is C19H19BrClNO5S. The topological polar surface area (TPSA) is 89.5 Å². The molecule has 2 atom stereocenters. The zero-order chi connectivity index (χ0) is 20.9. The first-order valence-corrected chi connectivity index (χ1v) is 11.1. The third-order valence-corrected chi connectivity index (χ3v) is 6.26. The lowest BCUT2D eigenvalue weighted by molar-refractivity contribution is -0.144. The van der Waals surface area contributed by atoms with E-state index in [0.29, 0.717) is 0 Å². The number of carbonyl (C=O) groups excluding carboxylic acids is 2. The Hall–Kier alpha value is -1.74. The molecule has 0 heterocycles. The number of aryl methyl sites for hydroxylation is 1. The molecule has 0 saturated heterocycles. The average Bonchev–Trinajstić information content (AvgIpc) is 2.66. The first kappa shape index (κ1) is 22.5. The van der Waals surface area contributed by atoms with Crippen molar-refractivity contribution in [1.82, 2.24) is 4.72 Å². The first-order chi connectivity index (χ1) is 13.2. The van der Waals surface area contributed by atoms with Crippen molar-refractivity contribution >= 4 is 49.3 Å². The number of ketones is 1. The van der Waals surface area contributed by atoms with E-state index in [1.54, 1.807) is 31.2 Å². The van der Waals surface area contributed by atoms with Crippen LogP contribution in [0, 0.1) is 6.92 Å². The Bertz CT molecular complexity index is 945. The number of carbonyl (C=O) groups is 2. The third kappa shape index (κ3) is 5.64. The first-order valence-electron chi connectivity index (χ1n) is 8.35. The molecular weight excluding hydrogens is 470 g/mol. The van der Waals surface area contributed by atoms with Gasteiger partial charge in [-0.15, -0.1) is 11.6 Å². The second-order valence-corrected chi connectivity index (χ2v) is 9.04. The molecule has 0 fully saturated rings. The highest BCUT2D eigenvalue weighted by molar-refractivity contribution is 9.10. The van der Waals surface area contributed by atoms with Crippen molar-refractivity contribution in [2.24, 2.45) is 0 Å². The Morgan fingerprint density at radius 2 is 1.68 bits per heavy atom. The van der Waals surface area contributed by atoms with Crippen molar-refractivity contribution in [3.8, 4) is 0 Å². The van der Waals surface area contributed by atoms with Crippen LogP contribution in [0.1, 0.15) is 22.8 Å². The number of benzene rings is 2. The number of ether oxygens (including phenoxy) is 1. The van der Waals surface area contributed by atoms with Crippen LogP contribution in [0.2, 0.25) is 0 Å². The molecule has 0 aromatic heterocycles. The van der Waals surface area contributed by atoms with Gasteiger partial charge >= 0.3 is 5.97 Å². The number of hydrogen-bond acceptors (Lipinski definition) is 5. The van der Waals surface area contributed by atoms with E-state index >= 15 is 0 Å². The van der Waals surface area contributed by atoms with Crippen LogP contribution in [0.4, 0.5) is 0 Å². The number of hydrogen-bond donors (Lipinski definition) is 1. The fraction of sp³-hybridized carbons (Fsp3) is 0.263. The highest BCUT2D eigenvalue weighted by atomic mass is 79.9. The lowest BCUT2D eigenvalue weighted by Gasteiger charge is -2.21. The van der Waals surface area contributed by atoms with Gasteiger partial charge in [0.05, 0.1) is 11.5 Å². The zero-order valence-electron chi connectivity index (χ0n) is 15.2. The fourth-order valence-corrected chi connectivity index (χ4v) is 4.16. The second-order valence-electron chi connectivity index (χ2n) is 5.94. The molecule has 0 bridgehead atoms. The van der Waals surface area contributed by atoms with Crippen LogP contribution in [0.3, 0.4) is 0 Å². The van der Waals surface area contributed by atoms with Gasteiger partial charge in [-0.3, -0.25) is 9.59 Å².